The molecule has 1 N–H and O–H groups in total. The SMILES string of the molecule is CCC(C1CC1)N1CCC(n2cccc2C(=O)O)CC1. The van der Waals surface area contributed by atoms with Gasteiger partial charge in [0.1, 0.15) is 5.69 Å². The standard InChI is InChI=1S/C16H24N2O2/c1-2-14(12-5-6-12)17-10-7-13(8-11-17)18-9-3-4-15(18)16(19)20/h3-4,9,12-14H,2,5-8,10-11H2,1H3,(H,19,20). The van der Waals surface area contributed by atoms with Gasteiger partial charge in [0.2, 0.25) is 0 Å². The normalized spacial score (nSPS) is 22.9. The van der Waals surface area contributed by atoms with E-state index >= 15 is 0 Å². The Labute approximate surface area is 120 Å². The van der Waals surface area contributed by atoms with E-state index < -0.39 is 5.97 Å². The van der Waals surface area contributed by atoms with E-state index in [1.54, 1.807) is 6.07 Å². The van der Waals surface area contributed by atoms with Gasteiger partial charge in [-0.05, 0) is 50.2 Å². The molecular weight excluding hydrogens is 252 g/mol. The van der Waals surface area contributed by atoms with Gasteiger partial charge in [0.15, 0.2) is 0 Å². The second kappa shape index (κ2) is 5.60. The Bertz CT molecular complexity index is 471. The van der Waals surface area contributed by atoms with Crippen LogP contribution >= 0.6 is 0 Å². The largest absolute Gasteiger partial charge is 0.477 e. The van der Waals surface area contributed by atoms with Crippen LogP contribution in [0, 0.1) is 5.92 Å². The molecule has 2 fully saturated rings. The fourth-order valence-corrected chi connectivity index (χ4v) is 3.76. The Morgan fingerprint density at radius 1 is 1.35 bits per heavy atom. The number of hydrogen-bond acceptors (Lipinski definition) is 2. The molecule has 0 aromatic carbocycles. The van der Waals surface area contributed by atoms with Crippen LogP contribution in [0.4, 0.5) is 0 Å². The first-order valence-electron chi connectivity index (χ1n) is 7.85. The van der Waals surface area contributed by atoms with Crippen molar-refractivity contribution in [3.05, 3.63) is 24.0 Å². The Morgan fingerprint density at radius 2 is 2.05 bits per heavy atom. The fraction of sp³-hybridized carbons (Fsp3) is 0.688. The molecule has 1 atom stereocenters. The van der Waals surface area contributed by atoms with Crippen molar-refractivity contribution in [1.29, 1.82) is 0 Å². The van der Waals surface area contributed by atoms with Crippen molar-refractivity contribution < 1.29 is 9.90 Å². The number of nitrogens with zero attached hydrogens (tertiary/aromatic N) is 2. The Morgan fingerprint density at radius 3 is 2.60 bits per heavy atom. The fourth-order valence-electron chi connectivity index (χ4n) is 3.76. The van der Waals surface area contributed by atoms with Crippen molar-refractivity contribution >= 4 is 5.97 Å². The van der Waals surface area contributed by atoms with Gasteiger partial charge in [-0.2, -0.15) is 0 Å². The molecule has 1 aliphatic carbocycles. The summed E-state index contributed by atoms with van der Waals surface area (Å²) < 4.78 is 1.96. The predicted molar refractivity (Wildman–Crippen MR) is 78.0 cm³/mol. The average Bonchev–Trinajstić information content (AvgIpc) is 3.16. The summed E-state index contributed by atoms with van der Waals surface area (Å²) in [4.78, 5) is 13.8. The van der Waals surface area contributed by atoms with Crippen LogP contribution in [-0.4, -0.2) is 39.7 Å². The highest BCUT2D eigenvalue weighted by Crippen LogP contribution is 2.38. The highest BCUT2D eigenvalue weighted by atomic mass is 16.4. The molecule has 0 bridgehead atoms. The number of likely N-dealkylation sites (tertiary alicyclic amines) is 1. The molecule has 1 aromatic rings. The maximum Gasteiger partial charge on any atom is 0.352 e. The average molecular weight is 276 g/mol. The molecule has 0 spiro atoms. The monoisotopic (exact) mass is 276 g/mol. The maximum absolute atomic E-state index is 11.2. The van der Waals surface area contributed by atoms with Crippen LogP contribution in [0.1, 0.15) is 55.6 Å². The van der Waals surface area contributed by atoms with Crippen LogP contribution in [0.3, 0.4) is 0 Å². The second-order valence-electron chi connectivity index (χ2n) is 6.19. The number of carboxylic acid groups (broad SMARTS) is 1. The van der Waals surface area contributed by atoms with Gasteiger partial charge in [0, 0.05) is 31.4 Å². The minimum absolute atomic E-state index is 0.351. The lowest BCUT2D eigenvalue weighted by Gasteiger charge is -2.38. The molecule has 2 aliphatic rings. The van der Waals surface area contributed by atoms with Crippen molar-refractivity contribution in [3.63, 3.8) is 0 Å². The van der Waals surface area contributed by atoms with Gasteiger partial charge in [-0.1, -0.05) is 6.92 Å². The van der Waals surface area contributed by atoms with Gasteiger partial charge >= 0.3 is 5.97 Å². The molecule has 3 rings (SSSR count). The molecule has 1 unspecified atom stereocenters. The van der Waals surface area contributed by atoms with Crippen LogP contribution < -0.4 is 0 Å². The van der Waals surface area contributed by atoms with Crippen molar-refractivity contribution in [2.24, 2.45) is 5.92 Å². The lowest BCUT2D eigenvalue weighted by Crippen LogP contribution is -2.42. The third kappa shape index (κ3) is 2.62. The van der Waals surface area contributed by atoms with Gasteiger partial charge in [0.05, 0.1) is 0 Å². The molecule has 4 heteroatoms. The zero-order valence-corrected chi connectivity index (χ0v) is 12.2. The first-order chi connectivity index (χ1) is 9.70. The number of carboxylic acids is 1. The quantitative estimate of drug-likeness (QED) is 0.899. The number of aromatic nitrogens is 1. The highest BCUT2D eigenvalue weighted by Gasteiger charge is 2.35. The van der Waals surface area contributed by atoms with Gasteiger partial charge in [-0.15, -0.1) is 0 Å². The Kier molecular flexibility index (Phi) is 3.83. The Balaban J connectivity index is 1.63. The van der Waals surface area contributed by atoms with Crippen molar-refractivity contribution in [2.75, 3.05) is 13.1 Å². The van der Waals surface area contributed by atoms with E-state index in [4.69, 9.17) is 0 Å². The number of rotatable bonds is 5. The maximum atomic E-state index is 11.2. The molecule has 1 aromatic heterocycles. The molecule has 4 nitrogen and oxygen atoms in total. The van der Waals surface area contributed by atoms with Crippen LogP contribution in [0.15, 0.2) is 18.3 Å². The van der Waals surface area contributed by atoms with Gasteiger partial charge in [-0.25, -0.2) is 4.79 Å². The summed E-state index contributed by atoms with van der Waals surface area (Å²) in [7, 11) is 0. The zero-order valence-electron chi connectivity index (χ0n) is 12.2. The molecular formula is C16H24N2O2. The summed E-state index contributed by atoms with van der Waals surface area (Å²) in [5.41, 5.74) is 0.428. The first-order valence-corrected chi connectivity index (χ1v) is 7.85. The Hall–Kier alpha value is -1.29. The third-order valence-electron chi connectivity index (χ3n) is 4.94. The van der Waals surface area contributed by atoms with E-state index in [0.717, 1.165) is 37.9 Å². The van der Waals surface area contributed by atoms with Gasteiger partial charge in [0.25, 0.3) is 0 Å². The topological polar surface area (TPSA) is 45.5 Å². The number of carbonyl (C=O) groups is 1. The van der Waals surface area contributed by atoms with Crippen LogP contribution in [-0.2, 0) is 0 Å². The van der Waals surface area contributed by atoms with Crippen LogP contribution in [0.5, 0.6) is 0 Å². The summed E-state index contributed by atoms with van der Waals surface area (Å²) >= 11 is 0. The summed E-state index contributed by atoms with van der Waals surface area (Å²) in [6.07, 6.45) is 8.11. The minimum Gasteiger partial charge on any atom is -0.477 e. The van der Waals surface area contributed by atoms with Crippen LogP contribution in [0.25, 0.3) is 0 Å². The van der Waals surface area contributed by atoms with Crippen LogP contribution in [0.2, 0.25) is 0 Å². The highest BCUT2D eigenvalue weighted by molar-refractivity contribution is 5.85. The lowest BCUT2D eigenvalue weighted by molar-refractivity contribution is 0.0673. The lowest BCUT2D eigenvalue weighted by atomic mass is 9.99. The summed E-state index contributed by atoms with van der Waals surface area (Å²) in [5.74, 6) is 0.111. The number of piperidine rings is 1. The smallest absolute Gasteiger partial charge is 0.352 e. The summed E-state index contributed by atoms with van der Waals surface area (Å²) in [6.45, 7) is 4.51. The van der Waals surface area contributed by atoms with Crippen molar-refractivity contribution in [1.82, 2.24) is 9.47 Å². The molecule has 110 valence electrons. The van der Waals surface area contributed by atoms with E-state index in [1.165, 1.54) is 19.3 Å². The first kappa shape index (κ1) is 13.7. The third-order valence-corrected chi connectivity index (χ3v) is 4.94. The molecule has 1 aliphatic heterocycles. The number of aromatic carboxylic acids is 1. The van der Waals surface area contributed by atoms with E-state index in [2.05, 4.69) is 11.8 Å². The summed E-state index contributed by atoms with van der Waals surface area (Å²) in [5, 5.41) is 9.21. The van der Waals surface area contributed by atoms with Crippen molar-refractivity contribution in [3.8, 4) is 0 Å². The molecule has 2 heterocycles. The second-order valence-corrected chi connectivity index (χ2v) is 6.19. The molecule has 1 saturated heterocycles. The van der Waals surface area contributed by atoms with Crippen molar-refractivity contribution in [2.45, 2.75) is 51.1 Å². The van der Waals surface area contributed by atoms with E-state index in [1.807, 2.05) is 16.8 Å². The predicted octanol–water partition coefficient (Wildman–Crippen LogP) is 3.01. The van der Waals surface area contributed by atoms with E-state index in [-0.39, 0.29) is 0 Å². The van der Waals surface area contributed by atoms with Gasteiger partial charge in [-0.3, -0.25) is 4.90 Å². The summed E-state index contributed by atoms with van der Waals surface area (Å²) in [6, 6.07) is 4.66. The van der Waals surface area contributed by atoms with Gasteiger partial charge < -0.3 is 9.67 Å². The zero-order chi connectivity index (χ0) is 14.1. The molecule has 1 saturated carbocycles. The van der Waals surface area contributed by atoms with E-state index in [0.29, 0.717) is 11.7 Å². The minimum atomic E-state index is -0.818. The molecule has 0 radical (unpaired) electrons. The molecule has 0 amide bonds. The van der Waals surface area contributed by atoms with E-state index in [9.17, 15) is 9.90 Å². The number of hydrogen-bond donors (Lipinski definition) is 1. The molecule has 20 heavy (non-hydrogen) atoms.